The van der Waals surface area contributed by atoms with E-state index in [0.29, 0.717) is 6.54 Å². The molecule has 0 aliphatic carbocycles. The molecule has 5 nitrogen and oxygen atoms in total. The first-order valence-electron chi connectivity index (χ1n) is 9.55. The Bertz CT molecular complexity index is 578. The van der Waals surface area contributed by atoms with Crippen molar-refractivity contribution in [3.05, 3.63) is 35.4 Å². The maximum Gasteiger partial charge on any atom is 0.224 e. The molecule has 0 aromatic heterocycles. The highest BCUT2D eigenvalue weighted by atomic mass is 16.3. The van der Waals surface area contributed by atoms with Crippen molar-refractivity contribution < 1.29 is 9.90 Å². The number of rotatable bonds is 6. The van der Waals surface area contributed by atoms with Gasteiger partial charge in [-0.25, -0.2) is 0 Å². The van der Waals surface area contributed by atoms with Gasteiger partial charge >= 0.3 is 0 Å². The molecule has 3 rings (SSSR count). The SMILES string of the molecule is CN1CCCC(C(=O)NCc2ccccc2CN2CCCC2CO)C1. The van der Waals surface area contributed by atoms with Crippen LogP contribution in [0.1, 0.15) is 36.8 Å². The smallest absolute Gasteiger partial charge is 0.224 e. The summed E-state index contributed by atoms with van der Waals surface area (Å²) in [5, 5.41) is 12.7. The van der Waals surface area contributed by atoms with Crippen molar-refractivity contribution in [2.45, 2.75) is 44.8 Å². The number of aliphatic hydroxyl groups is 1. The Morgan fingerprint density at radius 3 is 2.72 bits per heavy atom. The third kappa shape index (κ3) is 4.81. The van der Waals surface area contributed by atoms with Gasteiger partial charge in [0.05, 0.1) is 12.5 Å². The molecule has 25 heavy (non-hydrogen) atoms. The largest absolute Gasteiger partial charge is 0.395 e. The molecule has 0 bridgehead atoms. The summed E-state index contributed by atoms with van der Waals surface area (Å²) in [4.78, 5) is 17.1. The Morgan fingerprint density at radius 1 is 1.20 bits per heavy atom. The molecule has 0 radical (unpaired) electrons. The molecule has 2 aliphatic rings. The molecule has 1 aromatic carbocycles. The molecule has 2 saturated heterocycles. The van der Waals surface area contributed by atoms with Gasteiger partial charge in [0.1, 0.15) is 0 Å². The van der Waals surface area contributed by atoms with Gasteiger partial charge in [0.15, 0.2) is 0 Å². The first kappa shape index (κ1) is 18.4. The molecule has 1 aromatic rings. The van der Waals surface area contributed by atoms with Gasteiger partial charge < -0.3 is 15.3 Å². The zero-order valence-corrected chi connectivity index (χ0v) is 15.3. The first-order chi connectivity index (χ1) is 12.2. The number of nitrogens with one attached hydrogen (secondary N) is 1. The number of hydrogen-bond acceptors (Lipinski definition) is 4. The highest BCUT2D eigenvalue weighted by Crippen LogP contribution is 2.21. The van der Waals surface area contributed by atoms with Gasteiger partial charge in [-0.2, -0.15) is 0 Å². The van der Waals surface area contributed by atoms with Crippen LogP contribution in [0.15, 0.2) is 24.3 Å². The predicted molar refractivity (Wildman–Crippen MR) is 99.0 cm³/mol. The zero-order chi connectivity index (χ0) is 17.6. The van der Waals surface area contributed by atoms with E-state index >= 15 is 0 Å². The fraction of sp³-hybridized carbons (Fsp3) is 0.650. The Kier molecular flexibility index (Phi) is 6.45. The van der Waals surface area contributed by atoms with E-state index in [1.165, 1.54) is 11.1 Å². The fourth-order valence-corrected chi connectivity index (χ4v) is 4.12. The van der Waals surface area contributed by atoms with Crippen LogP contribution in [0.3, 0.4) is 0 Å². The summed E-state index contributed by atoms with van der Waals surface area (Å²) < 4.78 is 0. The Labute approximate surface area is 151 Å². The van der Waals surface area contributed by atoms with E-state index in [1.54, 1.807) is 0 Å². The topological polar surface area (TPSA) is 55.8 Å². The highest BCUT2D eigenvalue weighted by Gasteiger charge is 2.25. The van der Waals surface area contributed by atoms with Crippen molar-refractivity contribution in [2.24, 2.45) is 5.92 Å². The number of aliphatic hydroxyl groups excluding tert-OH is 1. The summed E-state index contributed by atoms with van der Waals surface area (Å²) in [5.74, 6) is 0.291. The lowest BCUT2D eigenvalue weighted by molar-refractivity contribution is -0.126. The monoisotopic (exact) mass is 345 g/mol. The van der Waals surface area contributed by atoms with Gasteiger partial charge in [-0.05, 0) is 56.9 Å². The number of benzene rings is 1. The summed E-state index contributed by atoms with van der Waals surface area (Å²) in [6.07, 6.45) is 4.32. The molecule has 2 unspecified atom stereocenters. The molecule has 138 valence electrons. The second-order valence-corrected chi connectivity index (χ2v) is 7.54. The number of hydrogen-bond donors (Lipinski definition) is 2. The molecule has 0 spiro atoms. The number of piperidine rings is 1. The van der Waals surface area contributed by atoms with Crippen molar-refractivity contribution in [1.29, 1.82) is 0 Å². The number of nitrogens with zero attached hydrogens (tertiary/aromatic N) is 2. The van der Waals surface area contributed by atoms with Crippen molar-refractivity contribution in [2.75, 3.05) is 33.3 Å². The van der Waals surface area contributed by atoms with Crippen LogP contribution in [0.25, 0.3) is 0 Å². The molecule has 0 saturated carbocycles. The summed E-state index contributed by atoms with van der Waals surface area (Å²) in [6, 6.07) is 8.61. The van der Waals surface area contributed by atoms with E-state index in [1.807, 2.05) is 6.07 Å². The van der Waals surface area contributed by atoms with Gasteiger partial charge in [-0.15, -0.1) is 0 Å². The maximum absolute atomic E-state index is 12.5. The number of amides is 1. The summed E-state index contributed by atoms with van der Waals surface area (Å²) in [6.45, 7) is 4.67. The standard InChI is InChI=1S/C20H31N3O2/c1-22-10-4-8-18(13-22)20(25)21-12-16-6-2-3-7-17(16)14-23-11-5-9-19(23)15-24/h2-3,6-7,18-19,24H,4-5,8-15H2,1H3,(H,21,25). The minimum atomic E-state index is 0.114. The normalized spacial score (nSPS) is 25.2. The third-order valence-electron chi connectivity index (χ3n) is 5.65. The lowest BCUT2D eigenvalue weighted by atomic mass is 9.97. The number of carbonyl (C=O) groups excluding carboxylic acids is 1. The van der Waals surface area contributed by atoms with Gasteiger partial charge in [-0.3, -0.25) is 9.69 Å². The quantitative estimate of drug-likeness (QED) is 0.822. The molecule has 2 fully saturated rings. The molecular formula is C20H31N3O2. The molecule has 5 heteroatoms. The van der Waals surface area contributed by atoms with Gasteiger partial charge in [0, 0.05) is 25.7 Å². The van der Waals surface area contributed by atoms with Crippen LogP contribution in [0.5, 0.6) is 0 Å². The van der Waals surface area contributed by atoms with Crippen molar-refractivity contribution in [3.8, 4) is 0 Å². The number of carbonyl (C=O) groups is 1. The molecule has 1 amide bonds. The zero-order valence-electron chi connectivity index (χ0n) is 15.3. The van der Waals surface area contributed by atoms with Crippen LogP contribution in [-0.4, -0.2) is 60.1 Å². The van der Waals surface area contributed by atoms with Gasteiger partial charge in [-0.1, -0.05) is 24.3 Å². The van der Waals surface area contributed by atoms with E-state index in [9.17, 15) is 9.90 Å². The third-order valence-corrected chi connectivity index (χ3v) is 5.65. The molecule has 2 heterocycles. The Hall–Kier alpha value is -1.43. The Balaban J connectivity index is 1.58. The maximum atomic E-state index is 12.5. The summed E-state index contributed by atoms with van der Waals surface area (Å²) in [7, 11) is 2.09. The predicted octanol–water partition coefficient (Wildman–Crippen LogP) is 1.60. The molecule has 2 atom stereocenters. The summed E-state index contributed by atoms with van der Waals surface area (Å²) >= 11 is 0. The van der Waals surface area contributed by atoms with Crippen LogP contribution in [-0.2, 0) is 17.9 Å². The fourth-order valence-electron chi connectivity index (χ4n) is 4.12. The average Bonchev–Trinajstić information content (AvgIpc) is 3.08. The van der Waals surface area contributed by atoms with Crippen LogP contribution in [0.4, 0.5) is 0 Å². The van der Waals surface area contributed by atoms with E-state index in [0.717, 1.165) is 51.9 Å². The Morgan fingerprint density at radius 2 is 1.96 bits per heavy atom. The van der Waals surface area contributed by atoms with Crippen LogP contribution < -0.4 is 5.32 Å². The van der Waals surface area contributed by atoms with Gasteiger partial charge in [0.25, 0.3) is 0 Å². The lowest BCUT2D eigenvalue weighted by Crippen LogP contribution is -2.41. The lowest BCUT2D eigenvalue weighted by Gasteiger charge is -2.29. The molecule has 2 N–H and O–H groups in total. The number of likely N-dealkylation sites (tertiary alicyclic amines) is 2. The van der Waals surface area contributed by atoms with Crippen LogP contribution in [0.2, 0.25) is 0 Å². The van der Waals surface area contributed by atoms with E-state index < -0.39 is 0 Å². The van der Waals surface area contributed by atoms with E-state index in [-0.39, 0.29) is 24.5 Å². The minimum absolute atomic E-state index is 0.114. The van der Waals surface area contributed by atoms with Crippen LogP contribution >= 0.6 is 0 Å². The minimum Gasteiger partial charge on any atom is -0.395 e. The van der Waals surface area contributed by atoms with E-state index in [4.69, 9.17) is 0 Å². The van der Waals surface area contributed by atoms with E-state index in [2.05, 4.69) is 40.4 Å². The molecule has 2 aliphatic heterocycles. The average molecular weight is 345 g/mol. The summed E-state index contributed by atoms with van der Waals surface area (Å²) in [5.41, 5.74) is 2.44. The van der Waals surface area contributed by atoms with Crippen LogP contribution in [0, 0.1) is 5.92 Å². The second-order valence-electron chi connectivity index (χ2n) is 7.54. The second kappa shape index (κ2) is 8.79. The first-order valence-corrected chi connectivity index (χ1v) is 9.55. The van der Waals surface area contributed by atoms with Crippen molar-refractivity contribution in [1.82, 2.24) is 15.1 Å². The highest BCUT2D eigenvalue weighted by molar-refractivity contribution is 5.79. The van der Waals surface area contributed by atoms with Crippen molar-refractivity contribution in [3.63, 3.8) is 0 Å². The van der Waals surface area contributed by atoms with Crippen molar-refractivity contribution >= 4 is 5.91 Å². The van der Waals surface area contributed by atoms with Gasteiger partial charge in [0.2, 0.25) is 5.91 Å². The molecular weight excluding hydrogens is 314 g/mol.